The number of fused-ring (bicyclic) bond motifs is 1. The van der Waals surface area contributed by atoms with Crippen LogP contribution in [0.15, 0.2) is 12.1 Å². The van der Waals surface area contributed by atoms with Crippen molar-refractivity contribution in [1.29, 1.82) is 0 Å². The highest BCUT2D eigenvalue weighted by Gasteiger charge is 2.20. The van der Waals surface area contributed by atoms with Crippen molar-refractivity contribution in [2.45, 2.75) is 12.8 Å². The lowest BCUT2D eigenvalue weighted by atomic mass is 10.1. The van der Waals surface area contributed by atoms with Crippen LogP contribution in [-0.4, -0.2) is 25.5 Å². The van der Waals surface area contributed by atoms with Gasteiger partial charge in [0.05, 0.1) is 10.0 Å². The summed E-state index contributed by atoms with van der Waals surface area (Å²) in [4.78, 5) is 12.8. The largest absolute Gasteiger partial charge is 0.351 e. The third-order valence-corrected chi connectivity index (χ3v) is 6.00. The van der Waals surface area contributed by atoms with Crippen LogP contribution in [0.4, 0.5) is 0 Å². The smallest absolute Gasteiger partial charge is 0.262 e. The molecule has 118 valence electrons. The van der Waals surface area contributed by atoms with Crippen LogP contribution < -0.4 is 10.6 Å². The van der Waals surface area contributed by atoms with Gasteiger partial charge in [0.25, 0.3) is 5.91 Å². The molecule has 1 atom stereocenters. The molecule has 7 heteroatoms. The zero-order chi connectivity index (χ0) is 15.7. The standard InChI is InChI=1S/C15H15Cl3N2OS/c16-9-5-10(17)12-11(6-9)22-14(13(12)18)15(21)20-4-2-8-1-3-19-7-8/h5-6,8,19H,1-4,7H2,(H,20,21). The van der Waals surface area contributed by atoms with Crippen molar-refractivity contribution in [3.63, 3.8) is 0 Å². The number of thiophene rings is 1. The van der Waals surface area contributed by atoms with Gasteiger partial charge in [0.2, 0.25) is 0 Å². The van der Waals surface area contributed by atoms with E-state index in [4.69, 9.17) is 34.8 Å². The average molecular weight is 378 g/mol. The summed E-state index contributed by atoms with van der Waals surface area (Å²) in [6, 6.07) is 3.42. The lowest BCUT2D eigenvalue weighted by Crippen LogP contribution is -2.25. The minimum atomic E-state index is -0.149. The summed E-state index contributed by atoms with van der Waals surface area (Å²) in [5, 5.41) is 8.38. The van der Waals surface area contributed by atoms with Gasteiger partial charge in [-0.25, -0.2) is 0 Å². The maximum absolute atomic E-state index is 12.3. The molecule has 0 aliphatic carbocycles. The Hall–Kier alpha value is -0.520. The van der Waals surface area contributed by atoms with E-state index < -0.39 is 0 Å². The van der Waals surface area contributed by atoms with Crippen molar-refractivity contribution < 1.29 is 4.79 Å². The van der Waals surface area contributed by atoms with Gasteiger partial charge in [-0.2, -0.15) is 0 Å². The quantitative estimate of drug-likeness (QED) is 0.818. The Labute approximate surface area is 147 Å². The van der Waals surface area contributed by atoms with Crippen LogP contribution in [0.2, 0.25) is 15.1 Å². The maximum Gasteiger partial charge on any atom is 0.262 e. The number of halogens is 3. The fraction of sp³-hybridized carbons (Fsp3) is 0.400. The molecule has 1 aromatic carbocycles. The van der Waals surface area contributed by atoms with Crippen molar-refractivity contribution in [2.75, 3.05) is 19.6 Å². The highest BCUT2D eigenvalue weighted by molar-refractivity contribution is 7.21. The molecule has 0 spiro atoms. The summed E-state index contributed by atoms with van der Waals surface area (Å²) in [7, 11) is 0. The van der Waals surface area contributed by atoms with E-state index in [9.17, 15) is 4.79 Å². The van der Waals surface area contributed by atoms with Crippen molar-refractivity contribution in [3.05, 3.63) is 32.1 Å². The molecular weight excluding hydrogens is 363 g/mol. The summed E-state index contributed by atoms with van der Waals surface area (Å²) in [6.07, 6.45) is 2.15. The van der Waals surface area contributed by atoms with Gasteiger partial charge in [-0.3, -0.25) is 4.79 Å². The summed E-state index contributed by atoms with van der Waals surface area (Å²) >= 11 is 19.8. The van der Waals surface area contributed by atoms with Crippen LogP contribution in [0.25, 0.3) is 10.1 Å². The lowest BCUT2D eigenvalue weighted by Gasteiger charge is -2.08. The molecule has 1 aromatic heterocycles. The predicted molar refractivity (Wildman–Crippen MR) is 94.8 cm³/mol. The molecule has 0 radical (unpaired) electrons. The highest BCUT2D eigenvalue weighted by Crippen LogP contribution is 2.41. The van der Waals surface area contributed by atoms with Crippen molar-refractivity contribution in [2.24, 2.45) is 5.92 Å². The van der Waals surface area contributed by atoms with Gasteiger partial charge >= 0.3 is 0 Å². The first-order valence-corrected chi connectivity index (χ1v) is 9.07. The second kappa shape index (κ2) is 6.93. The van der Waals surface area contributed by atoms with E-state index in [1.807, 2.05) is 0 Å². The fourth-order valence-electron chi connectivity index (χ4n) is 2.69. The summed E-state index contributed by atoms with van der Waals surface area (Å²) in [5.41, 5.74) is 0. The van der Waals surface area contributed by atoms with Crippen LogP contribution in [0.3, 0.4) is 0 Å². The third kappa shape index (κ3) is 3.36. The number of carbonyl (C=O) groups is 1. The second-order valence-electron chi connectivity index (χ2n) is 5.41. The minimum absolute atomic E-state index is 0.149. The van der Waals surface area contributed by atoms with Gasteiger partial charge < -0.3 is 10.6 Å². The fourth-order valence-corrected chi connectivity index (χ4v) is 4.98. The first-order valence-electron chi connectivity index (χ1n) is 7.12. The van der Waals surface area contributed by atoms with Gasteiger partial charge in [-0.1, -0.05) is 34.8 Å². The number of nitrogens with one attached hydrogen (secondary N) is 2. The Kier molecular flexibility index (Phi) is 5.15. The van der Waals surface area contributed by atoms with E-state index in [2.05, 4.69) is 10.6 Å². The van der Waals surface area contributed by atoms with E-state index in [0.29, 0.717) is 37.8 Å². The van der Waals surface area contributed by atoms with E-state index in [1.165, 1.54) is 17.8 Å². The zero-order valence-corrected chi connectivity index (χ0v) is 14.8. The topological polar surface area (TPSA) is 41.1 Å². The Morgan fingerprint density at radius 1 is 1.36 bits per heavy atom. The highest BCUT2D eigenvalue weighted by atomic mass is 35.5. The normalized spacial score (nSPS) is 18.0. The van der Waals surface area contributed by atoms with Crippen molar-refractivity contribution >= 4 is 62.1 Å². The zero-order valence-electron chi connectivity index (χ0n) is 11.7. The molecule has 2 N–H and O–H groups in total. The molecule has 22 heavy (non-hydrogen) atoms. The van der Waals surface area contributed by atoms with Crippen LogP contribution >= 0.6 is 46.1 Å². The first kappa shape index (κ1) is 16.3. The minimum Gasteiger partial charge on any atom is -0.351 e. The molecular formula is C15H15Cl3N2OS. The molecule has 2 heterocycles. The van der Waals surface area contributed by atoms with Crippen LogP contribution in [0.1, 0.15) is 22.5 Å². The van der Waals surface area contributed by atoms with Crippen LogP contribution in [0.5, 0.6) is 0 Å². The van der Waals surface area contributed by atoms with Gasteiger partial charge in [0.1, 0.15) is 4.88 Å². The molecule has 2 aromatic rings. The number of hydrogen-bond acceptors (Lipinski definition) is 3. The Morgan fingerprint density at radius 3 is 2.91 bits per heavy atom. The van der Waals surface area contributed by atoms with Gasteiger partial charge in [-0.15, -0.1) is 11.3 Å². The van der Waals surface area contributed by atoms with Crippen molar-refractivity contribution in [1.82, 2.24) is 10.6 Å². The molecule has 0 saturated carbocycles. The monoisotopic (exact) mass is 376 g/mol. The molecule has 1 amide bonds. The second-order valence-corrected chi connectivity index (χ2v) is 7.68. The van der Waals surface area contributed by atoms with E-state index >= 15 is 0 Å². The SMILES string of the molecule is O=C(NCCC1CCNC1)c1sc2cc(Cl)cc(Cl)c2c1Cl. The van der Waals surface area contributed by atoms with Gasteiger partial charge in [0.15, 0.2) is 0 Å². The Morgan fingerprint density at radius 2 is 2.18 bits per heavy atom. The van der Waals surface area contributed by atoms with E-state index in [-0.39, 0.29) is 5.91 Å². The molecule has 3 nitrogen and oxygen atoms in total. The van der Waals surface area contributed by atoms with E-state index in [0.717, 1.165) is 24.2 Å². The number of hydrogen-bond donors (Lipinski definition) is 2. The van der Waals surface area contributed by atoms with Gasteiger partial charge in [0, 0.05) is 21.7 Å². The molecule has 3 rings (SSSR count). The van der Waals surface area contributed by atoms with Crippen molar-refractivity contribution in [3.8, 4) is 0 Å². The Bertz CT molecular complexity index is 710. The number of benzene rings is 1. The summed E-state index contributed by atoms with van der Waals surface area (Å²) in [5.74, 6) is 0.496. The molecule has 0 bridgehead atoms. The molecule has 1 aliphatic rings. The van der Waals surface area contributed by atoms with Crippen LogP contribution in [0, 0.1) is 5.92 Å². The lowest BCUT2D eigenvalue weighted by molar-refractivity contribution is 0.0956. The molecule has 1 fully saturated rings. The number of rotatable bonds is 4. The van der Waals surface area contributed by atoms with Crippen LogP contribution in [-0.2, 0) is 0 Å². The molecule has 1 aliphatic heterocycles. The number of carbonyl (C=O) groups excluding carboxylic acids is 1. The Balaban J connectivity index is 1.73. The van der Waals surface area contributed by atoms with Gasteiger partial charge in [-0.05, 0) is 44.0 Å². The molecule has 1 saturated heterocycles. The number of amides is 1. The molecule has 1 unspecified atom stereocenters. The predicted octanol–water partition coefficient (Wildman–Crippen LogP) is 4.59. The summed E-state index contributed by atoms with van der Waals surface area (Å²) in [6.45, 7) is 2.76. The third-order valence-electron chi connectivity index (χ3n) is 3.86. The first-order chi connectivity index (χ1) is 10.6. The summed E-state index contributed by atoms with van der Waals surface area (Å²) < 4.78 is 0.827. The maximum atomic E-state index is 12.3. The average Bonchev–Trinajstić information content (AvgIpc) is 3.06. The van der Waals surface area contributed by atoms with E-state index in [1.54, 1.807) is 12.1 Å².